The summed E-state index contributed by atoms with van der Waals surface area (Å²) in [5, 5.41) is 11.2. The third kappa shape index (κ3) is 5.25. The Morgan fingerprint density at radius 3 is 2.50 bits per heavy atom. The van der Waals surface area contributed by atoms with Crippen molar-refractivity contribution in [1.29, 1.82) is 0 Å². The van der Waals surface area contributed by atoms with Crippen molar-refractivity contribution >= 4 is 34.1 Å². The minimum Gasteiger partial charge on any atom is -0.496 e. The first kappa shape index (κ1) is 22.0. The number of thioether (sulfide) groups is 1. The zero-order chi connectivity index (χ0) is 21.5. The quantitative estimate of drug-likeness (QED) is 0.357. The normalized spacial score (nSPS) is 10.7. The molecule has 2 aromatic heterocycles. The maximum Gasteiger partial charge on any atom is 0.293 e. The topological polar surface area (TPSA) is 95.7 Å². The third-order valence-electron chi connectivity index (χ3n) is 4.11. The molecule has 0 aliphatic carbocycles. The predicted molar refractivity (Wildman–Crippen MR) is 116 cm³/mol. The van der Waals surface area contributed by atoms with Gasteiger partial charge < -0.3 is 18.6 Å². The van der Waals surface area contributed by atoms with Crippen molar-refractivity contribution in [3.05, 3.63) is 41.3 Å². The fourth-order valence-electron chi connectivity index (χ4n) is 2.69. The first-order valence-electron chi connectivity index (χ1n) is 9.23. The Hall–Kier alpha value is -2.72. The van der Waals surface area contributed by atoms with Gasteiger partial charge in [0.1, 0.15) is 23.0 Å². The number of hydrogen-bond donors (Lipinski definition) is 1. The Morgan fingerprint density at radius 2 is 1.87 bits per heavy atom. The van der Waals surface area contributed by atoms with E-state index < -0.39 is 0 Å². The molecule has 1 N–H and O–H groups in total. The molecule has 0 unspecified atom stereocenters. The van der Waals surface area contributed by atoms with E-state index in [2.05, 4.69) is 22.4 Å². The Balaban J connectivity index is 1.72. The van der Waals surface area contributed by atoms with Crippen LogP contribution in [0.3, 0.4) is 0 Å². The molecule has 30 heavy (non-hydrogen) atoms. The number of furan rings is 1. The Morgan fingerprint density at radius 1 is 1.13 bits per heavy atom. The summed E-state index contributed by atoms with van der Waals surface area (Å²) in [6.07, 6.45) is 1.44. The van der Waals surface area contributed by atoms with E-state index in [9.17, 15) is 4.79 Å². The van der Waals surface area contributed by atoms with Gasteiger partial charge in [-0.3, -0.25) is 10.1 Å². The van der Waals surface area contributed by atoms with Crippen LogP contribution in [0, 0.1) is 0 Å². The van der Waals surface area contributed by atoms with E-state index in [0.717, 1.165) is 22.1 Å². The summed E-state index contributed by atoms with van der Waals surface area (Å²) in [5.41, 5.74) is 0.795. The second-order valence-corrected chi connectivity index (χ2v) is 8.45. The number of rotatable bonds is 10. The number of amides is 1. The van der Waals surface area contributed by atoms with Crippen LogP contribution in [0.15, 0.2) is 33.0 Å². The Labute approximate surface area is 182 Å². The summed E-state index contributed by atoms with van der Waals surface area (Å²) in [5.74, 6) is 3.22. The highest BCUT2D eigenvalue weighted by molar-refractivity contribution is 8.01. The third-order valence-corrected chi connectivity index (χ3v) is 6.29. The number of ether oxygens (including phenoxy) is 3. The van der Waals surface area contributed by atoms with E-state index in [-0.39, 0.29) is 11.7 Å². The van der Waals surface area contributed by atoms with Crippen LogP contribution in [0.2, 0.25) is 0 Å². The van der Waals surface area contributed by atoms with Gasteiger partial charge in [-0.25, -0.2) is 0 Å². The van der Waals surface area contributed by atoms with Crippen molar-refractivity contribution in [3.8, 4) is 17.2 Å². The largest absolute Gasteiger partial charge is 0.496 e. The van der Waals surface area contributed by atoms with Crippen LogP contribution in [-0.4, -0.2) is 43.2 Å². The smallest absolute Gasteiger partial charge is 0.293 e. The highest BCUT2D eigenvalue weighted by Crippen LogP contribution is 2.36. The van der Waals surface area contributed by atoms with Crippen LogP contribution >= 0.6 is 23.1 Å². The van der Waals surface area contributed by atoms with Gasteiger partial charge in [0, 0.05) is 29.9 Å². The standard InChI is InChI=1S/C20H23N3O5S2/c1-5-8-29-20-23-22-19(30-20)21-18(24)15-7-6-12(28-15)9-14-16(26-3)10-13(25-2)11-17(14)27-4/h6-7,10-11H,5,8-9H2,1-4H3,(H,21,22,24). The van der Waals surface area contributed by atoms with Crippen molar-refractivity contribution in [3.63, 3.8) is 0 Å². The lowest BCUT2D eigenvalue weighted by Gasteiger charge is -2.14. The fourth-order valence-corrected chi connectivity index (χ4v) is 4.36. The second-order valence-electron chi connectivity index (χ2n) is 6.13. The molecule has 0 aliphatic heterocycles. The molecule has 3 rings (SSSR count). The summed E-state index contributed by atoms with van der Waals surface area (Å²) in [6, 6.07) is 6.93. The number of carbonyl (C=O) groups excluding carboxylic acids is 1. The van der Waals surface area contributed by atoms with Crippen molar-refractivity contribution in [1.82, 2.24) is 10.2 Å². The first-order chi connectivity index (χ1) is 14.6. The van der Waals surface area contributed by atoms with Gasteiger partial charge in [0.05, 0.1) is 21.3 Å². The van der Waals surface area contributed by atoms with Gasteiger partial charge in [-0.05, 0) is 18.6 Å². The van der Waals surface area contributed by atoms with Gasteiger partial charge in [-0.2, -0.15) is 0 Å². The number of methoxy groups -OCH3 is 3. The van der Waals surface area contributed by atoms with Crippen LogP contribution in [0.25, 0.3) is 0 Å². The molecule has 8 nitrogen and oxygen atoms in total. The van der Waals surface area contributed by atoms with Gasteiger partial charge in [0.2, 0.25) is 5.13 Å². The van der Waals surface area contributed by atoms with Crippen LogP contribution in [-0.2, 0) is 6.42 Å². The number of carbonyl (C=O) groups is 1. The van der Waals surface area contributed by atoms with Crippen molar-refractivity contribution < 1.29 is 23.4 Å². The number of nitrogens with one attached hydrogen (secondary N) is 1. The molecule has 0 saturated carbocycles. The molecule has 0 bridgehead atoms. The number of nitrogens with zero attached hydrogens (tertiary/aromatic N) is 2. The molecule has 3 aromatic rings. The highest BCUT2D eigenvalue weighted by Gasteiger charge is 2.18. The number of benzene rings is 1. The van der Waals surface area contributed by atoms with Crippen LogP contribution < -0.4 is 19.5 Å². The average Bonchev–Trinajstić information content (AvgIpc) is 3.41. The minimum atomic E-state index is -0.377. The SMILES string of the molecule is CCCSc1nnc(NC(=O)c2ccc(Cc3c(OC)cc(OC)cc3OC)o2)s1. The lowest BCUT2D eigenvalue weighted by Crippen LogP contribution is -2.10. The van der Waals surface area contributed by atoms with Gasteiger partial charge in [-0.1, -0.05) is 30.0 Å². The molecular formula is C20H23N3O5S2. The molecule has 0 radical (unpaired) electrons. The Bertz CT molecular complexity index is 977. The lowest BCUT2D eigenvalue weighted by molar-refractivity contribution is 0.0995. The molecule has 10 heteroatoms. The van der Waals surface area contributed by atoms with Crippen molar-refractivity contribution in [2.24, 2.45) is 0 Å². The summed E-state index contributed by atoms with van der Waals surface area (Å²) in [6.45, 7) is 2.10. The fraction of sp³-hybridized carbons (Fsp3) is 0.350. The lowest BCUT2D eigenvalue weighted by atomic mass is 10.1. The van der Waals surface area contributed by atoms with E-state index in [1.54, 1.807) is 57.4 Å². The zero-order valence-electron chi connectivity index (χ0n) is 17.2. The van der Waals surface area contributed by atoms with Gasteiger partial charge >= 0.3 is 0 Å². The monoisotopic (exact) mass is 449 g/mol. The van der Waals surface area contributed by atoms with Crippen LogP contribution in [0.4, 0.5) is 5.13 Å². The van der Waals surface area contributed by atoms with Gasteiger partial charge in [0.25, 0.3) is 5.91 Å². The molecule has 0 aliphatic rings. The Kier molecular flexibility index (Phi) is 7.58. The molecule has 1 amide bonds. The van der Waals surface area contributed by atoms with E-state index in [4.69, 9.17) is 18.6 Å². The zero-order valence-corrected chi connectivity index (χ0v) is 18.8. The summed E-state index contributed by atoms with van der Waals surface area (Å²) >= 11 is 2.96. The molecule has 0 atom stereocenters. The molecule has 0 spiro atoms. The van der Waals surface area contributed by atoms with Crippen LogP contribution in [0.1, 0.15) is 35.2 Å². The molecule has 0 fully saturated rings. The maximum atomic E-state index is 12.5. The van der Waals surface area contributed by atoms with Gasteiger partial charge in [0.15, 0.2) is 10.1 Å². The average molecular weight is 450 g/mol. The summed E-state index contributed by atoms with van der Waals surface area (Å²) in [7, 11) is 4.73. The summed E-state index contributed by atoms with van der Waals surface area (Å²) < 4.78 is 22.8. The van der Waals surface area contributed by atoms with E-state index in [0.29, 0.717) is 34.6 Å². The highest BCUT2D eigenvalue weighted by atomic mass is 32.2. The molecular weight excluding hydrogens is 426 g/mol. The molecule has 0 saturated heterocycles. The number of aromatic nitrogens is 2. The van der Waals surface area contributed by atoms with E-state index in [1.807, 2.05) is 0 Å². The van der Waals surface area contributed by atoms with Gasteiger partial charge in [-0.15, -0.1) is 10.2 Å². The number of hydrogen-bond acceptors (Lipinski definition) is 9. The molecule has 160 valence electrons. The summed E-state index contributed by atoms with van der Waals surface area (Å²) in [4.78, 5) is 12.5. The van der Waals surface area contributed by atoms with E-state index >= 15 is 0 Å². The van der Waals surface area contributed by atoms with Crippen molar-refractivity contribution in [2.45, 2.75) is 24.1 Å². The van der Waals surface area contributed by atoms with Crippen LogP contribution in [0.5, 0.6) is 17.2 Å². The van der Waals surface area contributed by atoms with Crippen molar-refractivity contribution in [2.75, 3.05) is 32.4 Å². The predicted octanol–water partition coefficient (Wildman–Crippen LogP) is 4.50. The molecule has 2 heterocycles. The number of anilines is 1. The molecule has 1 aromatic carbocycles. The van der Waals surface area contributed by atoms with E-state index in [1.165, 1.54) is 11.3 Å². The minimum absolute atomic E-state index is 0.189. The first-order valence-corrected chi connectivity index (χ1v) is 11.0. The second kappa shape index (κ2) is 10.4. The maximum absolute atomic E-state index is 12.5.